The van der Waals surface area contributed by atoms with Crippen LogP contribution in [0.25, 0.3) is 0 Å². The summed E-state index contributed by atoms with van der Waals surface area (Å²) in [5, 5.41) is 3.74. The summed E-state index contributed by atoms with van der Waals surface area (Å²) in [4.78, 5) is 11.1. The normalized spacial score (nSPS) is 16.6. The van der Waals surface area contributed by atoms with Gasteiger partial charge in [0.05, 0.1) is 25.8 Å². The second-order valence-electron chi connectivity index (χ2n) is 5.78. The average Bonchev–Trinajstić information content (AvgIpc) is 2.65. The number of benzene rings is 1. The lowest BCUT2D eigenvalue weighted by Gasteiger charge is -2.34. The molecule has 0 spiro atoms. The molecular weight excluding hydrogens is 465 g/mol. The Kier molecular flexibility index (Phi) is 8.56. The first-order chi connectivity index (χ1) is 12.2. The highest BCUT2D eigenvalue weighted by molar-refractivity contribution is 14.0. The van der Waals surface area contributed by atoms with Gasteiger partial charge in [-0.3, -0.25) is 9.89 Å². The molecule has 3 N–H and O–H groups in total. The van der Waals surface area contributed by atoms with Crippen LogP contribution in [0.3, 0.4) is 0 Å². The minimum atomic E-state index is 0. The fourth-order valence-electron chi connectivity index (χ4n) is 2.80. The van der Waals surface area contributed by atoms with Gasteiger partial charge in [0.2, 0.25) is 0 Å². The summed E-state index contributed by atoms with van der Waals surface area (Å²) in [7, 11) is 0. The lowest BCUT2D eigenvalue weighted by molar-refractivity contribution is 0.0180. The predicted molar refractivity (Wildman–Crippen MR) is 116 cm³/mol. The minimum Gasteiger partial charge on any atom is -0.379 e. The van der Waals surface area contributed by atoms with Gasteiger partial charge in [-0.05, 0) is 29.8 Å². The lowest BCUT2D eigenvalue weighted by Crippen LogP contribution is -2.40. The van der Waals surface area contributed by atoms with E-state index in [1.165, 1.54) is 5.56 Å². The molecule has 1 fully saturated rings. The molecule has 0 bridgehead atoms. The van der Waals surface area contributed by atoms with Crippen molar-refractivity contribution in [2.45, 2.75) is 6.04 Å². The fraction of sp³-hybridized carbons (Fsp3) is 0.333. The molecule has 8 heteroatoms. The van der Waals surface area contributed by atoms with Gasteiger partial charge in [-0.25, -0.2) is 4.98 Å². The summed E-state index contributed by atoms with van der Waals surface area (Å²) in [5.41, 5.74) is 7.19. The average molecular weight is 488 g/mol. The topological polar surface area (TPSA) is 75.8 Å². The number of nitrogens with two attached hydrogens (primary N) is 1. The van der Waals surface area contributed by atoms with E-state index in [9.17, 15) is 0 Å². The molecule has 2 heterocycles. The van der Waals surface area contributed by atoms with Gasteiger partial charge in [0.15, 0.2) is 5.96 Å². The van der Waals surface area contributed by atoms with Crippen LogP contribution in [0.1, 0.15) is 11.6 Å². The molecule has 0 saturated carbocycles. The molecule has 1 aromatic heterocycles. The molecular formula is C18H23ClIN5O. The Bertz CT molecular complexity index is 692. The molecule has 0 aliphatic carbocycles. The SMILES string of the molecule is I.NC(=NCC(c1ccc(Cl)cc1)N1CCOCC1)Nc1ccccn1. The second-order valence-corrected chi connectivity index (χ2v) is 6.22. The number of morpholine rings is 1. The zero-order chi connectivity index (χ0) is 17.5. The number of anilines is 1. The number of nitrogens with one attached hydrogen (secondary N) is 1. The molecule has 6 nitrogen and oxygen atoms in total. The number of halogens is 2. The number of hydrogen-bond donors (Lipinski definition) is 2. The van der Waals surface area contributed by atoms with Gasteiger partial charge in [-0.2, -0.15) is 0 Å². The van der Waals surface area contributed by atoms with Crippen molar-refractivity contribution in [3.63, 3.8) is 0 Å². The standard InChI is InChI=1S/C18H22ClN5O.HI/c19-15-6-4-14(5-7-15)16(24-9-11-25-12-10-24)13-22-18(20)23-17-3-1-2-8-21-17;/h1-8,16H,9-13H2,(H3,20,21,22,23);1H. The Morgan fingerprint density at radius 2 is 1.96 bits per heavy atom. The zero-order valence-electron chi connectivity index (χ0n) is 14.3. The smallest absolute Gasteiger partial charge is 0.194 e. The van der Waals surface area contributed by atoms with Gasteiger partial charge in [0, 0.05) is 24.3 Å². The molecule has 0 amide bonds. The van der Waals surface area contributed by atoms with Crippen LogP contribution >= 0.6 is 35.6 Å². The van der Waals surface area contributed by atoms with Gasteiger partial charge in [0.1, 0.15) is 5.82 Å². The largest absolute Gasteiger partial charge is 0.379 e. The molecule has 140 valence electrons. The third-order valence-corrected chi connectivity index (χ3v) is 4.35. The third kappa shape index (κ3) is 6.08. The highest BCUT2D eigenvalue weighted by Gasteiger charge is 2.22. The Morgan fingerprint density at radius 1 is 1.23 bits per heavy atom. The van der Waals surface area contributed by atoms with Gasteiger partial charge in [-0.15, -0.1) is 24.0 Å². The van der Waals surface area contributed by atoms with Crippen LogP contribution in [0, 0.1) is 0 Å². The van der Waals surface area contributed by atoms with Crippen molar-refractivity contribution in [3.05, 3.63) is 59.2 Å². The number of guanidine groups is 1. The Morgan fingerprint density at radius 3 is 2.62 bits per heavy atom. The molecule has 1 aliphatic rings. The van der Waals surface area contributed by atoms with E-state index in [1.807, 2.05) is 42.5 Å². The van der Waals surface area contributed by atoms with Crippen LogP contribution in [-0.4, -0.2) is 48.7 Å². The molecule has 1 saturated heterocycles. The number of hydrogen-bond acceptors (Lipinski definition) is 4. The van der Waals surface area contributed by atoms with E-state index in [-0.39, 0.29) is 30.0 Å². The quantitative estimate of drug-likeness (QED) is 0.385. The van der Waals surface area contributed by atoms with E-state index in [0.717, 1.165) is 31.3 Å². The molecule has 26 heavy (non-hydrogen) atoms. The maximum atomic E-state index is 6.02. The van der Waals surface area contributed by atoms with E-state index in [1.54, 1.807) is 6.20 Å². The fourth-order valence-corrected chi connectivity index (χ4v) is 2.92. The van der Waals surface area contributed by atoms with Crippen molar-refractivity contribution >= 4 is 47.4 Å². The van der Waals surface area contributed by atoms with Crippen LogP contribution in [0.2, 0.25) is 5.02 Å². The van der Waals surface area contributed by atoms with Crippen molar-refractivity contribution in [2.24, 2.45) is 10.7 Å². The van der Waals surface area contributed by atoms with Crippen LogP contribution in [0.5, 0.6) is 0 Å². The van der Waals surface area contributed by atoms with Crippen LogP contribution in [0.4, 0.5) is 5.82 Å². The number of aliphatic imine (C=N–C) groups is 1. The minimum absolute atomic E-state index is 0. The second kappa shape index (κ2) is 10.7. The Balaban J connectivity index is 0.00000243. The van der Waals surface area contributed by atoms with Crippen molar-refractivity contribution in [1.29, 1.82) is 0 Å². The van der Waals surface area contributed by atoms with E-state index < -0.39 is 0 Å². The molecule has 2 aromatic rings. The number of ether oxygens (including phenoxy) is 1. The maximum Gasteiger partial charge on any atom is 0.194 e. The number of pyridine rings is 1. The van der Waals surface area contributed by atoms with Crippen LogP contribution < -0.4 is 11.1 Å². The molecule has 1 aromatic carbocycles. The third-order valence-electron chi connectivity index (χ3n) is 4.10. The summed E-state index contributed by atoms with van der Waals surface area (Å²) in [6, 6.07) is 13.6. The first-order valence-electron chi connectivity index (χ1n) is 8.27. The molecule has 1 unspecified atom stereocenters. The monoisotopic (exact) mass is 487 g/mol. The molecule has 1 aliphatic heterocycles. The molecule has 3 rings (SSSR count). The van der Waals surface area contributed by atoms with Crippen molar-refractivity contribution in [2.75, 3.05) is 38.2 Å². The van der Waals surface area contributed by atoms with Gasteiger partial charge in [0.25, 0.3) is 0 Å². The van der Waals surface area contributed by atoms with Crippen molar-refractivity contribution in [3.8, 4) is 0 Å². The summed E-state index contributed by atoms with van der Waals surface area (Å²) < 4.78 is 5.47. The van der Waals surface area contributed by atoms with Gasteiger partial charge < -0.3 is 15.8 Å². The Hall–Kier alpha value is -1.42. The van der Waals surface area contributed by atoms with E-state index in [4.69, 9.17) is 22.1 Å². The first-order valence-corrected chi connectivity index (χ1v) is 8.65. The maximum absolute atomic E-state index is 6.02. The summed E-state index contributed by atoms with van der Waals surface area (Å²) >= 11 is 6.02. The van der Waals surface area contributed by atoms with Crippen molar-refractivity contribution in [1.82, 2.24) is 9.88 Å². The molecule has 0 radical (unpaired) electrons. The summed E-state index contributed by atoms with van der Waals surface area (Å²) in [6.45, 7) is 3.75. The van der Waals surface area contributed by atoms with Crippen LogP contribution in [-0.2, 0) is 4.74 Å². The lowest BCUT2D eigenvalue weighted by atomic mass is 10.0. The summed E-state index contributed by atoms with van der Waals surface area (Å²) in [5.74, 6) is 1.03. The Labute approximate surface area is 175 Å². The van der Waals surface area contributed by atoms with Crippen molar-refractivity contribution < 1.29 is 4.74 Å². The predicted octanol–water partition coefficient (Wildman–Crippen LogP) is 3.15. The highest BCUT2D eigenvalue weighted by atomic mass is 127. The van der Waals surface area contributed by atoms with E-state index in [0.29, 0.717) is 18.3 Å². The first kappa shape index (κ1) is 20.9. The number of nitrogens with zero attached hydrogens (tertiary/aromatic N) is 3. The van der Waals surface area contributed by atoms with Crippen LogP contribution in [0.15, 0.2) is 53.7 Å². The van der Waals surface area contributed by atoms with Gasteiger partial charge >= 0.3 is 0 Å². The number of aromatic nitrogens is 1. The highest BCUT2D eigenvalue weighted by Crippen LogP contribution is 2.24. The van der Waals surface area contributed by atoms with Gasteiger partial charge in [-0.1, -0.05) is 29.8 Å². The number of rotatable bonds is 5. The van der Waals surface area contributed by atoms with E-state index in [2.05, 4.69) is 20.2 Å². The summed E-state index contributed by atoms with van der Waals surface area (Å²) in [6.07, 6.45) is 1.71. The van der Waals surface area contributed by atoms with E-state index >= 15 is 0 Å². The zero-order valence-corrected chi connectivity index (χ0v) is 17.4. The molecule has 1 atom stereocenters.